The monoisotopic (exact) mass is 246 g/mol. The number of hydrogen-bond acceptors (Lipinski definition) is 4. The smallest absolute Gasteiger partial charge is 0.260 e. The molecule has 0 atom stereocenters. The summed E-state index contributed by atoms with van der Waals surface area (Å²) in [6.07, 6.45) is 4.30. The fraction of sp³-hybridized carbons (Fsp3) is 0.250. The van der Waals surface area contributed by atoms with E-state index in [9.17, 15) is 9.90 Å². The van der Waals surface area contributed by atoms with Crippen LogP contribution in [-0.2, 0) is 0 Å². The van der Waals surface area contributed by atoms with Crippen LogP contribution in [0.15, 0.2) is 30.7 Å². The van der Waals surface area contributed by atoms with Gasteiger partial charge in [0, 0.05) is 18.3 Å². The molecule has 18 heavy (non-hydrogen) atoms. The van der Waals surface area contributed by atoms with Crippen molar-refractivity contribution in [3.63, 3.8) is 0 Å². The minimum Gasteiger partial charge on any atom is -0.505 e. The predicted molar refractivity (Wildman–Crippen MR) is 66.5 cm³/mol. The Morgan fingerprint density at radius 3 is 2.83 bits per heavy atom. The van der Waals surface area contributed by atoms with Gasteiger partial charge >= 0.3 is 0 Å². The highest BCUT2D eigenvalue weighted by Crippen LogP contribution is 2.18. The maximum Gasteiger partial charge on any atom is 0.260 e. The molecule has 0 aliphatic heterocycles. The van der Waals surface area contributed by atoms with Crippen molar-refractivity contribution >= 4 is 11.7 Å². The minimum absolute atomic E-state index is 0.140. The van der Waals surface area contributed by atoms with Crippen molar-refractivity contribution in [1.82, 2.24) is 14.8 Å². The highest BCUT2D eigenvalue weighted by molar-refractivity contribution is 6.05. The van der Waals surface area contributed by atoms with Crippen LogP contribution in [0.3, 0.4) is 0 Å². The molecule has 6 nitrogen and oxygen atoms in total. The molecule has 2 heterocycles. The average molecular weight is 246 g/mol. The second-order valence-corrected chi connectivity index (χ2v) is 4.10. The third-order valence-corrected chi connectivity index (χ3v) is 2.45. The quantitative estimate of drug-likeness (QED) is 0.865. The summed E-state index contributed by atoms with van der Waals surface area (Å²) in [6.45, 7) is 3.93. The molecule has 0 radical (unpaired) electrons. The molecule has 0 aromatic carbocycles. The summed E-state index contributed by atoms with van der Waals surface area (Å²) in [5, 5.41) is 16.4. The lowest BCUT2D eigenvalue weighted by molar-refractivity contribution is 0.102. The van der Waals surface area contributed by atoms with Crippen LogP contribution in [-0.4, -0.2) is 25.8 Å². The molecule has 0 aliphatic carbocycles. The van der Waals surface area contributed by atoms with Gasteiger partial charge in [0.1, 0.15) is 11.6 Å². The van der Waals surface area contributed by atoms with E-state index in [0.717, 1.165) is 0 Å². The molecular formula is C12H14N4O2. The van der Waals surface area contributed by atoms with Crippen LogP contribution in [0, 0.1) is 0 Å². The summed E-state index contributed by atoms with van der Waals surface area (Å²) >= 11 is 0. The molecule has 2 N–H and O–H groups in total. The summed E-state index contributed by atoms with van der Waals surface area (Å²) in [5.41, 5.74) is 0.182. The Kier molecular flexibility index (Phi) is 3.27. The third-order valence-electron chi connectivity index (χ3n) is 2.45. The van der Waals surface area contributed by atoms with Gasteiger partial charge in [-0.15, -0.1) is 0 Å². The van der Waals surface area contributed by atoms with E-state index in [2.05, 4.69) is 15.4 Å². The summed E-state index contributed by atoms with van der Waals surface area (Å²) in [7, 11) is 0. The fourth-order valence-electron chi connectivity index (χ4n) is 1.59. The Labute approximate surface area is 104 Å². The van der Waals surface area contributed by atoms with Crippen LogP contribution in [0.4, 0.5) is 5.82 Å². The van der Waals surface area contributed by atoms with E-state index in [-0.39, 0.29) is 17.4 Å². The van der Waals surface area contributed by atoms with Crippen LogP contribution in [0.1, 0.15) is 30.2 Å². The first kappa shape index (κ1) is 12.1. The van der Waals surface area contributed by atoms with Crippen molar-refractivity contribution < 1.29 is 9.90 Å². The van der Waals surface area contributed by atoms with Crippen molar-refractivity contribution in [3.05, 3.63) is 36.3 Å². The molecule has 1 amide bonds. The van der Waals surface area contributed by atoms with E-state index in [1.807, 2.05) is 13.8 Å². The topological polar surface area (TPSA) is 80.0 Å². The number of carbonyl (C=O) groups is 1. The van der Waals surface area contributed by atoms with E-state index in [0.29, 0.717) is 5.82 Å². The van der Waals surface area contributed by atoms with E-state index in [1.165, 1.54) is 18.5 Å². The van der Waals surface area contributed by atoms with Gasteiger partial charge in [-0.2, -0.15) is 5.10 Å². The number of rotatable bonds is 3. The number of hydrogen-bond donors (Lipinski definition) is 2. The second-order valence-electron chi connectivity index (χ2n) is 4.10. The van der Waals surface area contributed by atoms with Gasteiger partial charge in [-0.05, 0) is 19.9 Å². The zero-order valence-corrected chi connectivity index (χ0v) is 10.2. The molecule has 2 aromatic rings. The molecule has 0 bridgehead atoms. The standard InChI is InChI=1S/C12H14N4O2/c1-8(2)16-11(4-6-14-16)15-12(18)9-3-5-13-7-10(9)17/h3-8,17H,1-2H3,(H,15,18). The van der Waals surface area contributed by atoms with Gasteiger partial charge in [0.15, 0.2) is 0 Å². The Bertz CT molecular complexity index is 563. The maximum absolute atomic E-state index is 12.0. The van der Waals surface area contributed by atoms with Crippen LogP contribution in [0.2, 0.25) is 0 Å². The Morgan fingerprint density at radius 2 is 2.17 bits per heavy atom. The summed E-state index contributed by atoms with van der Waals surface area (Å²) in [4.78, 5) is 15.7. The first-order valence-corrected chi connectivity index (χ1v) is 5.57. The van der Waals surface area contributed by atoms with Gasteiger partial charge in [0.05, 0.1) is 18.0 Å². The first-order valence-electron chi connectivity index (χ1n) is 5.57. The van der Waals surface area contributed by atoms with Gasteiger partial charge in [-0.3, -0.25) is 9.78 Å². The number of pyridine rings is 1. The van der Waals surface area contributed by atoms with Crippen LogP contribution in [0.25, 0.3) is 0 Å². The Morgan fingerprint density at radius 1 is 1.39 bits per heavy atom. The molecule has 0 fully saturated rings. The Hall–Kier alpha value is -2.37. The van der Waals surface area contributed by atoms with Crippen LogP contribution >= 0.6 is 0 Å². The lowest BCUT2D eigenvalue weighted by Crippen LogP contribution is -2.16. The molecule has 0 saturated carbocycles. The zero-order valence-electron chi connectivity index (χ0n) is 10.2. The zero-order chi connectivity index (χ0) is 13.1. The molecule has 94 valence electrons. The van der Waals surface area contributed by atoms with Gasteiger partial charge in [0.25, 0.3) is 5.91 Å². The largest absolute Gasteiger partial charge is 0.505 e. The maximum atomic E-state index is 12.0. The highest BCUT2D eigenvalue weighted by atomic mass is 16.3. The molecule has 2 aromatic heterocycles. The van der Waals surface area contributed by atoms with Crippen molar-refractivity contribution in [2.45, 2.75) is 19.9 Å². The van der Waals surface area contributed by atoms with E-state index >= 15 is 0 Å². The summed E-state index contributed by atoms with van der Waals surface area (Å²) < 4.78 is 1.69. The number of nitrogens with zero attached hydrogens (tertiary/aromatic N) is 3. The highest BCUT2D eigenvalue weighted by Gasteiger charge is 2.14. The molecule has 0 spiro atoms. The van der Waals surface area contributed by atoms with Gasteiger partial charge in [-0.25, -0.2) is 4.68 Å². The van der Waals surface area contributed by atoms with Crippen LogP contribution in [0.5, 0.6) is 5.75 Å². The van der Waals surface area contributed by atoms with E-state index in [1.54, 1.807) is 16.9 Å². The normalized spacial score (nSPS) is 10.6. The van der Waals surface area contributed by atoms with E-state index < -0.39 is 5.91 Å². The number of aromatic nitrogens is 3. The SMILES string of the molecule is CC(C)n1nccc1NC(=O)c1ccncc1O. The summed E-state index contributed by atoms with van der Waals surface area (Å²) in [5.74, 6) is 0.0501. The average Bonchev–Trinajstić information content (AvgIpc) is 2.77. The van der Waals surface area contributed by atoms with Crippen molar-refractivity contribution in [1.29, 1.82) is 0 Å². The number of anilines is 1. The number of carbonyl (C=O) groups excluding carboxylic acids is 1. The van der Waals surface area contributed by atoms with Crippen molar-refractivity contribution in [3.8, 4) is 5.75 Å². The lowest BCUT2D eigenvalue weighted by Gasteiger charge is -2.12. The number of nitrogens with one attached hydrogen (secondary N) is 1. The third kappa shape index (κ3) is 2.32. The van der Waals surface area contributed by atoms with Crippen molar-refractivity contribution in [2.24, 2.45) is 0 Å². The molecule has 0 saturated heterocycles. The molecule has 0 unspecified atom stereocenters. The number of aromatic hydroxyl groups is 1. The minimum atomic E-state index is -0.391. The second kappa shape index (κ2) is 4.87. The van der Waals surface area contributed by atoms with Gasteiger partial charge < -0.3 is 10.4 Å². The van der Waals surface area contributed by atoms with Gasteiger partial charge in [-0.1, -0.05) is 0 Å². The molecule has 6 heteroatoms. The first-order chi connectivity index (χ1) is 8.59. The summed E-state index contributed by atoms with van der Waals surface area (Å²) in [6, 6.07) is 3.30. The van der Waals surface area contributed by atoms with E-state index in [4.69, 9.17) is 0 Å². The fourth-order valence-corrected chi connectivity index (χ4v) is 1.59. The lowest BCUT2D eigenvalue weighted by atomic mass is 10.2. The van der Waals surface area contributed by atoms with Crippen molar-refractivity contribution in [2.75, 3.05) is 5.32 Å². The Balaban J connectivity index is 2.22. The number of amides is 1. The molecule has 2 rings (SSSR count). The van der Waals surface area contributed by atoms with Crippen LogP contribution < -0.4 is 5.32 Å². The molecular weight excluding hydrogens is 232 g/mol. The predicted octanol–water partition coefficient (Wildman–Crippen LogP) is 1.82. The molecule has 0 aliphatic rings. The van der Waals surface area contributed by atoms with Gasteiger partial charge in [0.2, 0.25) is 0 Å².